The van der Waals surface area contributed by atoms with Crippen LogP contribution < -0.4 is 21.7 Å². The molecule has 1 saturated heterocycles. The zero-order valence-electron chi connectivity index (χ0n) is 21.5. The molecule has 0 bridgehead atoms. The second kappa shape index (κ2) is 11.8. The van der Waals surface area contributed by atoms with Crippen molar-refractivity contribution >= 4 is 29.4 Å². The molecule has 1 aromatic heterocycles. The summed E-state index contributed by atoms with van der Waals surface area (Å²) in [5.41, 5.74) is 3.85. The lowest BCUT2D eigenvalue weighted by Gasteiger charge is -2.18. The first-order valence-electron chi connectivity index (χ1n) is 12.6. The van der Waals surface area contributed by atoms with Gasteiger partial charge in [0.1, 0.15) is 17.2 Å². The third kappa shape index (κ3) is 6.96. The van der Waals surface area contributed by atoms with Crippen molar-refractivity contribution in [3.63, 3.8) is 0 Å². The first kappa shape index (κ1) is 28.6. The van der Waals surface area contributed by atoms with Gasteiger partial charge in [-0.15, -0.1) is 0 Å². The van der Waals surface area contributed by atoms with Gasteiger partial charge in [-0.05, 0) is 56.0 Å². The van der Waals surface area contributed by atoms with Crippen molar-refractivity contribution in [3.05, 3.63) is 77.8 Å². The Kier molecular flexibility index (Phi) is 8.40. The van der Waals surface area contributed by atoms with E-state index >= 15 is 0 Å². The average Bonchev–Trinajstić information content (AvgIpc) is 3.48. The highest BCUT2D eigenvalue weighted by molar-refractivity contribution is 6.13. The Morgan fingerprint density at radius 2 is 1.90 bits per heavy atom. The number of alkyl halides is 3. The highest BCUT2D eigenvalue weighted by atomic mass is 19.4. The van der Waals surface area contributed by atoms with Gasteiger partial charge in [-0.3, -0.25) is 14.6 Å². The summed E-state index contributed by atoms with van der Waals surface area (Å²) in [6, 6.07) is 5.34. The summed E-state index contributed by atoms with van der Waals surface area (Å²) >= 11 is 0. The van der Waals surface area contributed by atoms with Crippen molar-refractivity contribution in [2.75, 3.05) is 18.4 Å². The number of anilines is 2. The van der Waals surface area contributed by atoms with E-state index in [1.807, 2.05) is 4.90 Å². The van der Waals surface area contributed by atoms with E-state index in [9.17, 15) is 27.2 Å². The van der Waals surface area contributed by atoms with Crippen LogP contribution in [0.2, 0.25) is 0 Å². The van der Waals surface area contributed by atoms with Gasteiger partial charge in [0.25, 0.3) is 5.91 Å². The van der Waals surface area contributed by atoms with Gasteiger partial charge in [0.05, 0.1) is 40.9 Å². The van der Waals surface area contributed by atoms with Gasteiger partial charge in [-0.1, -0.05) is 6.58 Å². The van der Waals surface area contributed by atoms with E-state index in [0.717, 1.165) is 44.3 Å². The molecule has 40 heavy (non-hydrogen) atoms. The fraction of sp³-hybridized carbons (Fsp3) is 0.333. The predicted octanol–water partition coefficient (Wildman–Crippen LogP) is 3.73. The Balaban J connectivity index is 1.31. The molecule has 0 unspecified atom stereocenters. The second-order valence-corrected chi connectivity index (χ2v) is 9.56. The number of nitrogens with one attached hydrogen (secondary N) is 3. The van der Waals surface area contributed by atoms with Crippen LogP contribution in [0.3, 0.4) is 0 Å². The number of hydrogen-bond donors (Lipinski definition) is 4. The van der Waals surface area contributed by atoms with E-state index in [1.54, 1.807) is 0 Å². The summed E-state index contributed by atoms with van der Waals surface area (Å²) in [7, 11) is 0. The minimum atomic E-state index is -4.74. The van der Waals surface area contributed by atoms with Crippen molar-refractivity contribution in [3.8, 4) is 0 Å². The lowest BCUT2D eigenvalue weighted by Crippen LogP contribution is -2.49. The van der Waals surface area contributed by atoms with Crippen LogP contribution in [-0.2, 0) is 22.3 Å². The molecular weight excluding hydrogens is 530 g/mol. The number of benzene rings is 1. The first-order chi connectivity index (χ1) is 19.0. The number of nitrogens with two attached hydrogens (primary N) is 1. The van der Waals surface area contributed by atoms with Gasteiger partial charge in [0.2, 0.25) is 5.91 Å². The first-order valence-corrected chi connectivity index (χ1v) is 12.6. The average molecular weight is 560 g/mol. The molecule has 2 heterocycles. The molecule has 9 nitrogen and oxygen atoms in total. The molecule has 0 radical (unpaired) electrons. The molecule has 0 spiro atoms. The standard InChI is InChI=1S/C27H29F4N7O2/c1-17(38-10-2-3-11-38)33-14-18(13-32)24(39)37-26(8-9-26)25(40)35-15-20-5-6-21(16-34-20)36-23-7-4-19(28)12-22(23)27(29,30)31/h4-7,12-14,16,36H,1-3,8-11,15,32H2,(H,35,40)(H,37,39)/b18-13+,33-14?. The number of nitrogens with zero attached hydrogens (tertiary/aromatic N) is 3. The number of likely N-dealkylation sites (tertiary alicyclic amines) is 1. The summed E-state index contributed by atoms with van der Waals surface area (Å²) in [5, 5.41) is 8.03. The summed E-state index contributed by atoms with van der Waals surface area (Å²) in [6.07, 6.45) is 1.99. The molecule has 2 aromatic rings. The maximum atomic E-state index is 13.3. The molecule has 0 atom stereocenters. The topological polar surface area (TPSA) is 125 Å². The van der Waals surface area contributed by atoms with E-state index in [2.05, 4.69) is 32.5 Å². The highest BCUT2D eigenvalue weighted by Gasteiger charge is 2.51. The van der Waals surface area contributed by atoms with Crippen molar-refractivity contribution in [1.82, 2.24) is 20.5 Å². The highest BCUT2D eigenvalue weighted by Crippen LogP contribution is 2.37. The molecule has 13 heteroatoms. The van der Waals surface area contributed by atoms with Crippen LogP contribution in [0.1, 0.15) is 36.9 Å². The minimum Gasteiger partial charge on any atom is -0.404 e. The molecule has 1 aliphatic carbocycles. The largest absolute Gasteiger partial charge is 0.418 e. The maximum Gasteiger partial charge on any atom is 0.418 e. The maximum absolute atomic E-state index is 13.3. The summed E-state index contributed by atoms with van der Waals surface area (Å²) < 4.78 is 53.0. The SMILES string of the molecule is C=C(N=C/C(=C\N)C(=O)NC1(C(=O)NCc2ccc(Nc3ccc(F)cc3C(F)(F)F)cn2)CC1)N1CCCC1. The number of carbonyl (C=O) groups is 2. The van der Waals surface area contributed by atoms with Crippen molar-refractivity contribution < 1.29 is 27.2 Å². The lowest BCUT2D eigenvalue weighted by molar-refractivity contribution is -0.137. The predicted molar refractivity (Wildman–Crippen MR) is 142 cm³/mol. The molecule has 2 fully saturated rings. The number of halogens is 4. The Labute approximate surface area is 228 Å². The Morgan fingerprint density at radius 1 is 1.18 bits per heavy atom. The van der Waals surface area contributed by atoms with E-state index in [1.165, 1.54) is 24.5 Å². The van der Waals surface area contributed by atoms with Gasteiger partial charge in [0.15, 0.2) is 0 Å². The molecule has 4 rings (SSSR count). The fourth-order valence-electron chi connectivity index (χ4n) is 4.16. The van der Waals surface area contributed by atoms with E-state index < -0.39 is 34.9 Å². The third-order valence-electron chi connectivity index (χ3n) is 6.62. The Bertz CT molecular complexity index is 1330. The van der Waals surface area contributed by atoms with Gasteiger partial charge in [-0.2, -0.15) is 13.2 Å². The number of aromatic nitrogens is 1. The molecule has 2 aliphatic rings. The smallest absolute Gasteiger partial charge is 0.404 e. The Hall–Kier alpha value is -4.42. The van der Waals surface area contributed by atoms with E-state index in [4.69, 9.17) is 5.73 Å². The van der Waals surface area contributed by atoms with Gasteiger partial charge >= 0.3 is 6.18 Å². The number of carbonyl (C=O) groups excluding carboxylic acids is 2. The van der Waals surface area contributed by atoms with Crippen LogP contribution in [0.4, 0.5) is 28.9 Å². The molecular formula is C27H29F4N7O2. The van der Waals surface area contributed by atoms with Crippen LogP contribution in [0, 0.1) is 5.82 Å². The van der Waals surface area contributed by atoms with E-state index in [0.29, 0.717) is 30.4 Å². The number of amides is 2. The number of aliphatic imine (C=N–C) groups is 1. The van der Waals surface area contributed by atoms with Crippen molar-refractivity contribution in [1.29, 1.82) is 0 Å². The van der Waals surface area contributed by atoms with Crippen molar-refractivity contribution in [2.24, 2.45) is 10.7 Å². The number of pyridine rings is 1. The van der Waals surface area contributed by atoms with Crippen molar-refractivity contribution in [2.45, 2.75) is 43.9 Å². The van der Waals surface area contributed by atoms with Crippen LogP contribution in [0.25, 0.3) is 0 Å². The minimum absolute atomic E-state index is 0.0256. The molecule has 1 saturated carbocycles. The third-order valence-corrected chi connectivity index (χ3v) is 6.62. The van der Waals surface area contributed by atoms with Gasteiger partial charge < -0.3 is 26.6 Å². The Morgan fingerprint density at radius 3 is 2.50 bits per heavy atom. The fourth-order valence-corrected chi connectivity index (χ4v) is 4.16. The van der Waals surface area contributed by atoms with Crippen LogP contribution in [0.15, 0.2) is 65.7 Å². The molecule has 1 aromatic carbocycles. The summed E-state index contributed by atoms with van der Waals surface area (Å²) in [4.78, 5) is 36.0. The molecule has 1 aliphatic heterocycles. The summed E-state index contributed by atoms with van der Waals surface area (Å²) in [5.74, 6) is -1.41. The number of rotatable bonds is 10. The van der Waals surface area contributed by atoms with E-state index in [-0.39, 0.29) is 23.5 Å². The number of hydrogen-bond acceptors (Lipinski definition) is 7. The summed E-state index contributed by atoms with van der Waals surface area (Å²) in [6.45, 7) is 5.65. The van der Waals surface area contributed by atoms with Gasteiger partial charge in [0, 0.05) is 25.5 Å². The molecule has 5 N–H and O–H groups in total. The van der Waals surface area contributed by atoms with Gasteiger partial charge in [-0.25, -0.2) is 9.38 Å². The monoisotopic (exact) mass is 559 g/mol. The quantitative estimate of drug-likeness (QED) is 0.200. The second-order valence-electron chi connectivity index (χ2n) is 9.56. The van der Waals surface area contributed by atoms with Crippen LogP contribution >= 0.6 is 0 Å². The van der Waals surface area contributed by atoms with Crippen LogP contribution in [-0.4, -0.2) is 46.5 Å². The lowest BCUT2D eigenvalue weighted by atomic mass is 10.1. The molecule has 2 amide bonds. The normalized spacial score (nSPS) is 16.6. The van der Waals surface area contributed by atoms with Crippen LogP contribution in [0.5, 0.6) is 0 Å². The molecule has 212 valence electrons. The zero-order valence-corrected chi connectivity index (χ0v) is 21.5. The zero-order chi connectivity index (χ0) is 28.9.